The summed E-state index contributed by atoms with van der Waals surface area (Å²) in [5.41, 5.74) is 1.97. The van der Waals surface area contributed by atoms with E-state index in [-0.39, 0.29) is 0 Å². The Hall–Kier alpha value is -0.340. The van der Waals surface area contributed by atoms with Crippen molar-refractivity contribution >= 4 is 0 Å². The molecule has 2 fully saturated rings. The molecule has 0 spiro atoms. The van der Waals surface area contributed by atoms with Gasteiger partial charge >= 0.3 is 0 Å². The Morgan fingerprint density at radius 1 is 1.62 bits per heavy atom. The van der Waals surface area contributed by atoms with Gasteiger partial charge in [-0.1, -0.05) is 11.6 Å². The van der Waals surface area contributed by atoms with Gasteiger partial charge in [-0.25, -0.2) is 0 Å². The van der Waals surface area contributed by atoms with E-state index >= 15 is 0 Å². The molecule has 0 aromatic rings. The van der Waals surface area contributed by atoms with Crippen LogP contribution in [0.3, 0.4) is 0 Å². The molecule has 2 aliphatic rings. The molecule has 0 N–H and O–H groups in total. The maximum Gasteiger partial charge on any atom is 0.0649 e. The third kappa shape index (κ3) is 1.42. The highest BCUT2D eigenvalue weighted by Crippen LogP contribution is 2.41. The number of nitrogens with zero attached hydrogens (tertiary/aromatic N) is 1. The van der Waals surface area contributed by atoms with Crippen molar-refractivity contribution in [2.24, 2.45) is 0 Å². The summed E-state index contributed by atoms with van der Waals surface area (Å²) in [6.45, 7) is 5.50. The van der Waals surface area contributed by atoms with Gasteiger partial charge in [0.15, 0.2) is 0 Å². The first kappa shape index (κ1) is 9.22. The molecule has 2 heteroatoms. The minimum absolute atomic E-state index is 0.372. The van der Waals surface area contributed by atoms with Gasteiger partial charge in [-0.2, -0.15) is 0 Å². The summed E-state index contributed by atoms with van der Waals surface area (Å²) in [4.78, 5) is 2.60. The fraction of sp³-hybridized carbons (Fsp3) is 0.818. The van der Waals surface area contributed by atoms with Crippen molar-refractivity contribution in [3.8, 4) is 0 Å². The van der Waals surface area contributed by atoms with Crippen LogP contribution in [0.25, 0.3) is 0 Å². The van der Waals surface area contributed by atoms with Gasteiger partial charge in [-0.15, -0.1) is 0 Å². The van der Waals surface area contributed by atoms with E-state index in [9.17, 15) is 0 Å². The number of fused-ring (bicyclic) bond motifs is 1. The maximum atomic E-state index is 5.35. The van der Waals surface area contributed by atoms with Crippen molar-refractivity contribution in [1.29, 1.82) is 0 Å². The molecule has 0 saturated carbocycles. The highest BCUT2D eigenvalue weighted by molar-refractivity contribution is 5.19. The lowest BCUT2D eigenvalue weighted by atomic mass is 9.93. The molecule has 0 unspecified atom stereocenters. The standard InChI is InChI=1S/C11H19NO/c1-3-10-7-11(9-13-2)5-4-6-12(11)8-10/h3H,4-9H2,1-2H3/b10-3+/t11-/m0/s1. The number of methoxy groups -OCH3 is 1. The van der Waals surface area contributed by atoms with Gasteiger partial charge in [0.25, 0.3) is 0 Å². The van der Waals surface area contributed by atoms with E-state index in [1.54, 1.807) is 5.57 Å². The van der Waals surface area contributed by atoms with Crippen LogP contribution >= 0.6 is 0 Å². The average Bonchev–Trinajstić information content (AvgIpc) is 2.60. The Kier molecular flexibility index (Phi) is 2.43. The van der Waals surface area contributed by atoms with Gasteiger partial charge in [0.1, 0.15) is 0 Å². The third-order valence-corrected chi connectivity index (χ3v) is 3.51. The van der Waals surface area contributed by atoms with E-state index in [0.29, 0.717) is 5.54 Å². The summed E-state index contributed by atoms with van der Waals surface area (Å²) >= 11 is 0. The summed E-state index contributed by atoms with van der Waals surface area (Å²) in [6, 6.07) is 0. The zero-order chi connectivity index (χ0) is 9.31. The minimum atomic E-state index is 0.372. The molecule has 2 heterocycles. The second-order valence-electron chi connectivity index (χ2n) is 4.31. The van der Waals surface area contributed by atoms with E-state index in [1.165, 1.54) is 32.4 Å². The molecular weight excluding hydrogens is 162 g/mol. The number of hydrogen-bond acceptors (Lipinski definition) is 2. The predicted molar refractivity (Wildman–Crippen MR) is 53.8 cm³/mol. The Bertz CT molecular complexity index is 224. The van der Waals surface area contributed by atoms with Crippen LogP contribution in [0.5, 0.6) is 0 Å². The largest absolute Gasteiger partial charge is 0.383 e. The van der Waals surface area contributed by atoms with Crippen molar-refractivity contribution in [1.82, 2.24) is 4.90 Å². The van der Waals surface area contributed by atoms with Gasteiger partial charge in [0.2, 0.25) is 0 Å². The van der Waals surface area contributed by atoms with Crippen molar-refractivity contribution in [3.63, 3.8) is 0 Å². The van der Waals surface area contributed by atoms with Crippen LogP contribution in [0.2, 0.25) is 0 Å². The molecule has 2 nitrogen and oxygen atoms in total. The van der Waals surface area contributed by atoms with E-state index < -0.39 is 0 Å². The minimum Gasteiger partial charge on any atom is -0.383 e. The SMILES string of the molecule is C/C=C1/CN2CCC[C@@]2(COC)C1. The summed E-state index contributed by atoms with van der Waals surface area (Å²) in [6.07, 6.45) is 6.17. The van der Waals surface area contributed by atoms with Crippen LogP contribution in [0.15, 0.2) is 11.6 Å². The second-order valence-corrected chi connectivity index (χ2v) is 4.31. The quantitative estimate of drug-likeness (QED) is 0.602. The first-order valence-corrected chi connectivity index (χ1v) is 5.19. The molecule has 0 aliphatic carbocycles. The Labute approximate surface area is 80.6 Å². The van der Waals surface area contributed by atoms with Crippen LogP contribution in [0, 0.1) is 0 Å². The maximum absolute atomic E-state index is 5.35. The van der Waals surface area contributed by atoms with Gasteiger partial charge in [-0.3, -0.25) is 4.90 Å². The molecule has 0 bridgehead atoms. The van der Waals surface area contributed by atoms with Crippen LogP contribution in [-0.2, 0) is 4.74 Å². The van der Waals surface area contributed by atoms with Crippen molar-refractivity contribution in [3.05, 3.63) is 11.6 Å². The first-order valence-electron chi connectivity index (χ1n) is 5.19. The Morgan fingerprint density at radius 2 is 2.46 bits per heavy atom. The molecule has 2 saturated heterocycles. The van der Waals surface area contributed by atoms with E-state index in [1.807, 2.05) is 7.11 Å². The molecule has 2 rings (SSSR count). The molecule has 74 valence electrons. The molecular formula is C11H19NO. The lowest BCUT2D eigenvalue weighted by Gasteiger charge is -2.30. The molecule has 2 aliphatic heterocycles. The van der Waals surface area contributed by atoms with Crippen molar-refractivity contribution < 1.29 is 4.74 Å². The van der Waals surface area contributed by atoms with Crippen LogP contribution in [0.1, 0.15) is 26.2 Å². The van der Waals surface area contributed by atoms with Crippen LogP contribution in [0.4, 0.5) is 0 Å². The van der Waals surface area contributed by atoms with Gasteiger partial charge in [0, 0.05) is 19.2 Å². The van der Waals surface area contributed by atoms with Gasteiger partial charge in [-0.05, 0) is 32.7 Å². The van der Waals surface area contributed by atoms with Crippen LogP contribution < -0.4 is 0 Å². The summed E-state index contributed by atoms with van der Waals surface area (Å²) < 4.78 is 5.35. The topological polar surface area (TPSA) is 12.5 Å². The van der Waals surface area contributed by atoms with Crippen molar-refractivity contribution in [2.75, 3.05) is 26.8 Å². The summed E-state index contributed by atoms with van der Waals surface area (Å²) in [7, 11) is 1.82. The molecule has 0 amide bonds. The third-order valence-electron chi connectivity index (χ3n) is 3.51. The normalized spacial score (nSPS) is 37.2. The molecule has 0 aromatic heterocycles. The number of rotatable bonds is 2. The zero-order valence-electron chi connectivity index (χ0n) is 8.68. The highest BCUT2D eigenvalue weighted by Gasteiger charge is 2.45. The van der Waals surface area contributed by atoms with E-state index in [2.05, 4.69) is 17.9 Å². The van der Waals surface area contributed by atoms with Gasteiger partial charge in [0.05, 0.1) is 6.61 Å². The lowest BCUT2D eigenvalue weighted by molar-refractivity contribution is 0.0656. The molecule has 0 radical (unpaired) electrons. The summed E-state index contributed by atoms with van der Waals surface area (Å²) in [5, 5.41) is 0. The molecule has 13 heavy (non-hydrogen) atoms. The second kappa shape index (κ2) is 3.43. The highest BCUT2D eigenvalue weighted by atomic mass is 16.5. The Morgan fingerprint density at radius 3 is 3.15 bits per heavy atom. The monoisotopic (exact) mass is 181 g/mol. The Balaban J connectivity index is 2.14. The first-order chi connectivity index (χ1) is 6.30. The van der Waals surface area contributed by atoms with Crippen molar-refractivity contribution in [2.45, 2.75) is 31.7 Å². The molecule has 1 atom stereocenters. The fourth-order valence-corrected chi connectivity index (χ4v) is 2.84. The number of allylic oxidation sites excluding steroid dienone is 1. The van der Waals surface area contributed by atoms with Gasteiger partial charge < -0.3 is 4.74 Å². The summed E-state index contributed by atoms with van der Waals surface area (Å²) in [5.74, 6) is 0. The zero-order valence-corrected chi connectivity index (χ0v) is 8.68. The smallest absolute Gasteiger partial charge is 0.0649 e. The molecule has 0 aromatic carbocycles. The van der Waals surface area contributed by atoms with E-state index in [0.717, 1.165) is 6.61 Å². The number of hydrogen-bond donors (Lipinski definition) is 0. The fourth-order valence-electron chi connectivity index (χ4n) is 2.84. The van der Waals surface area contributed by atoms with E-state index in [4.69, 9.17) is 4.74 Å². The predicted octanol–water partition coefficient (Wildman–Crippen LogP) is 1.82. The number of ether oxygens (including phenoxy) is 1. The average molecular weight is 181 g/mol. The van der Waals surface area contributed by atoms with Crippen LogP contribution in [-0.4, -0.2) is 37.2 Å². The lowest BCUT2D eigenvalue weighted by Crippen LogP contribution is -2.42.